The first kappa shape index (κ1) is 51.8. The van der Waals surface area contributed by atoms with E-state index in [2.05, 4.69) is 31.9 Å². The van der Waals surface area contributed by atoms with Crippen molar-refractivity contribution in [3.8, 4) is 11.4 Å². The maximum absolute atomic E-state index is 15.3. The summed E-state index contributed by atoms with van der Waals surface area (Å²) >= 11 is 0. The maximum Gasteiger partial charge on any atom is 0.313 e. The molecule has 6 N–H and O–H groups in total. The van der Waals surface area contributed by atoms with Crippen molar-refractivity contribution in [2.24, 2.45) is 0 Å². The monoisotopic (exact) mass is 1010 g/mol. The molecule has 1 saturated heterocycles. The average molecular weight is 1010 g/mol. The number of unbranched alkanes of at least 4 members (excludes halogenated alkanes) is 2. The lowest BCUT2D eigenvalue weighted by Crippen LogP contribution is -2.52. The van der Waals surface area contributed by atoms with Crippen LogP contribution in [-0.2, 0) is 73.8 Å². The maximum atomic E-state index is 15.3. The Morgan fingerprint density at radius 3 is 2.33 bits per heavy atom. The van der Waals surface area contributed by atoms with Crippen molar-refractivity contribution in [3.05, 3.63) is 97.6 Å². The van der Waals surface area contributed by atoms with E-state index >= 15 is 4.39 Å². The van der Waals surface area contributed by atoms with E-state index in [4.69, 9.17) is 14.5 Å². The van der Waals surface area contributed by atoms with Crippen LogP contribution in [0, 0.1) is 12.7 Å². The van der Waals surface area contributed by atoms with Crippen LogP contribution in [0.5, 0.6) is 0 Å². The molecule has 1 aliphatic carbocycles. The average Bonchev–Trinajstić information content (AvgIpc) is 3.62. The number of carbonyl (C=O) groups is 8. The van der Waals surface area contributed by atoms with Gasteiger partial charge >= 0.3 is 5.97 Å². The molecule has 4 aromatic rings. The van der Waals surface area contributed by atoms with Gasteiger partial charge in [0.15, 0.2) is 0 Å². The number of fused-ring (bicyclic) bond motifs is 5. The lowest BCUT2D eigenvalue weighted by molar-refractivity contribution is -0.148. The smallest absolute Gasteiger partial charge is 0.313 e. The minimum atomic E-state index is -1.13. The molecule has 0 unspecified atom stereocenters. The molecule has 386 valence electrons. The number of carbonyl (C=O) groups excluding carboxylic acids is 8. The number of cyclic esters (lactones) is 1. The number of rotatable bonds is 22. The first-order valence-corrected chi connectivity index (χ1v) is 24.6. The van der Waals surface area contributed by atoms with Crippen LogP contribution in [0.15, 0.2) is 47.3 Å². The van der Waals surface area contributed by atoms with E-state index in [0.717, 1.165) is 24.0 Å². The van der Waals surface area contributed by atoms with Crippen LogP contribution < -0.4 is 37.5 Å². The summed E-state index contributed by atoms with van der Waals surface area (Å²) in [6, 6.07) is 10.3. The van der Waals surface area contributed by atoms with Crippen molar-refractivity contribution in [2.45, 2.75) is 116 Å². The fourth-order valence-electron chi connectivity index (χ4n) is 9.96. The number of halogens is 1. The van der Waals surface area contributed by atoms with Gasteiger partial charge in [-0.25, -0.2) is 9.37 Å². The van der Waals surface area contributed by atoms with Crippen molar-refractivity contribution in [1.29, 1.82) is 0 Å². The standard InChI is InChI=1S/C52H60FN9O11/c1-5-30-32-19-39-47-33(24-61(39)49(69)34(32)25-73-50(30)70)46-36(16-15-31-28(2)35(53)20-37(60-47)45(31)46)58-44(67)26-72-27-57-42(65)22-56-48(68)38(18-29-12-8-6-9-13-29)59-43(66)23-55-41(64)21-54-40(63)14-10-7-11-17-62-51(71)52(62,3)4/h6,8-9,12-13,19-20,30,36,38H,5,7,10-11,14-18,21-27H2,1-4H3,(H,54,63)(H,55,64)(H,56,68)(H,57,65)(H,58,67)(H,59,66)/t30-,36+,38+,62?/m1/s1. The number of hydrogen-bond acceptors (Lipinski definition) is 12. The van der Waals surface area contributed by atoms with Crippen molar-refractivity contribution in [3.63, 3.8) is 0 Å². The lowest BCUT2D eigenvalue weighted by atomic mass is 9.81. The predicted octanol–water partition coefficient (Wildman–Crippen LogP) is 1.87. The van der Waals surface area contributed by atoms with Gasteiger partial charge in [-0.1, -0.05) is 43.7 Å². The van der Waals surface area contributed by atoms with E-state index in [0.29, 0.717) is 82.3 Å². The van der Waals surface area contributed by atoms with Crippen molar-refractivity contribution in [1.82, 2.24) is 46.4 Å². The number of ether oxygens (including phenoxy) is 2. The second kappa shape index (κ2) is 22.1. The van der Waals surface area contributed by atoms with E-state index < -0.39 is 84.6 Å². The summed E-state index contributed by atoms with van der Waals surface area (Å²) in [6.07, 6.45) is 3.67. The Bertz CT molecular complexity index is 2960. The normalized spacial score (nSPS) is 17.1. The molecule has 3 atom stereocenters. The van der Waals surface area contributed by atoms with Crippen LogP contribution in [0.25, 0.3) is 22.3 Å². The molecule has 21 heteroatoms. The van der Waals surface area contributed by atoms with Gasteiger partial charge in [-0.05, 0) is 86.8 Å². The van der Waals surface area contributed by atoms with Gasteiger partial charge in [0, 0.05) is 36.4 Å². The molecule has 0 bridgehead atoms. The Kier molecular flexibility index (Phi) is 15.7. The van der Waals surface area contributed by atoms with Crippen LogP contribution in [0.1, 0.15) is 110 Å². The molecule has 2 aromatic heterocycles. The third-order valence-corrected chi connectivity index (χ3v) is 14.1. The Morgan fingerprint density at radius 2 is 1.59 bits per heavy atom. The summed E-state index contributed by atoms with van der Waals surface area (Å²) < 4.78 is 27.8. The first-order chi connectivity index (χ1) is 35.0. The Labute approximate surface area is 419 Å². The molecular formula is C52H60FN9O11. The number of benzene rings is 2. The zero-order valence-electron chi connectivity index (χ0n) is 41.3. The quantitative estimate of drug-likeness (QED) is 0.0251. The van der Waals surface area contributed by atoms with Gasteiger partial charge in [0.25, 0.3) is 5.56 Å². The second-order valence-corrected chi connectivity index (χ2v) is 19.3. The van der Waals surface area contributed by atoms with E-state index in [1.807, 2.05) is 26.8 Å². The SMILES string of the molecule is CC[C@H]1C(=O)OCc2c1cc1n(c2=O)Cc2c-1nc1cc(F)c(C)c3c1c2[C@@H](NC(=O)COCNC(=O)CNC(=O)[C@H](Cc1ccccc1)NC(=O)CNC(=O)CNC(=O)CCCCCN1C(=O)C1(C)C)CC3. The van der Waals surface area contributed by atoms with Crippen LogP contribution in [-0.4, -0.2) is 113 Å². The highest BCUT2D eigenvalue weighted by Crippen LogP contribution is 2.45. The lowest BCUT2D eigenvalue weighted by Gasteiger charge is -2.29. The largest absolute Gasteiger partial charge is 0.460 e. The second-order valence-electron chi connectivity index (χ2n) is 19.3. The number of aromatic nitrogens is 2. The molecule has 73 heavy (non-hydrogen) atoms. The fourth-order valence-corrected chi connectivity index (χ4v) is 9.96. The predicted molar refractivity (Wildman–Crippen MR) is 262 cm³/mol. The summed E-state index contributed by atoms with van der Waals surface area (Å²) in [5, 5.41) is 16.3. The molecule has 5 heterocycles. The van der Waals surface area contributed by atoms with Gasteiger partial charge < -0.3 is 50.8 Å². The highest BCUT2D eigenvalue weighted by atomic mass is 19.1. The van der Waals surface area contributed by atoms with Crippen LogP contribution >= 0.6 is 0 Å². The summed E-state index contributed by atoms with van der Waals surface area (Å²) in [7, 11) is 0. The minimum absolute atomic E-state index is 0.0650. The van der Waals surface area contributed by atoms with Crippen LogP contribution in [0.4, 0.5) is 4.39 Å². The minimum Gasteiger partial charge on any atom is -0.460 e. The number of aryl methyl sites for hydroxylation is 1. The number of pyridine rings is 2. The Morgan fingerprint density at radius 1 is 0.877 bits per heavy atom. The Hall–Kier alpha value is -7.55. The van der Waals surface area contributed by atoms with Crippen LogP contribution in [0.3, 0.4) is 0 Å². The number of esters is 1. The van der Waals surface area contributed by atoms with E-state index in [-0.39, 0.29) is 56.6 Å². The molecule has 1 fully saturated rings. The van der Waals surface area contributed by atoms with Gasteiger partial charge in [-0.2, -0.15) is 0 Å². The van der Waals surface area contributed by atoms with Gasteiger partial charge in [0.1, 0.15) is 37.3 Å². The van der Waals surface area contributed by atoms with Crippen molar-refractivity contribution < 1.29 is 52.2 Å². The van der Waals surface area contributed by atoms with Gasteiger partial charge in [0.2, 0.25) is 41.4 Å². The summed E-state index contributed by atoms with van der Waals surface area (Å²) in [5.41, 5.74) is 5.04. The van der Waals surface area contributed by atoms with Gasteiger partial charge in [-0.15, -0.1) is 0 Å². The molecule has 0 radical (unpaired) electrons. The Balaban J connectivity index is 0.802. The van der Waals surface area contributed by atoms with Gasteiger partial charge in [-0.3, -0.25) is 43.2 Å². The molecule has 2 aromatic carbocycles. The summed E-state index contributed by atoms with van der Waals surface area (Å²) in [6.45, 7) is 5.76. The number of hydrogen-bond donors (Lipinski definition) is 6. The van der Waals surface area contributed by atoms with Gasteiger partial charge in [0.05, 0.1) is 60.6 Å². The van der Waals surface area contributed by atoms with Crippen molar-refractivity contribution in [2.75, 3.05) is 39.5 Å². The number of nitrogens with zero attached hydrogens (tertiary/aromatic N) is 3. The topological polar surface area (TPSA) is 265 Å². The first-order valence-electron chi connectivity index (χ1n) is 24.6. The van der Waals surface area contributed by atoms with E-state index in [9.17, 15) is 43.2 Å². The third-order valence-electron chi connectivity index (χ3n) is 14.1. The molecule has 8 rings (SSSR count). The van der Waals surface area contributed by atoms with Crippen LogP contribution in [0.2, 0.25) is 0 Å². The molecule has 0 saturated carbocycles. The molecule has 3 aliphatic heterocycles. The molecule has 20 nitrogen and oxygen atoms in total. The third kappa shape index (κ3) is 11.4. The molecule has 0 spiro atoms. The zero-order chi connectivity index (χ0) is 52.1. The fraction of sp³-hybridized carbons (Fsp3) is 0.462. The molecular weight excluding hydrogens is 946 g/mol. The van der Waals surface area contributed by atoms with E-state index in [1.165, 1.54) is 6.07 Å². The molecule has 7 amide bonds. The van der Waals surface area contributed by atoms with Crippen molar-refractivity contribution >= 4 is 58.2 Å². The number of nitrogens with one attached hydrogen (secondary N) is 6. The summed E-state index contributed by atoms with van der Waals surface area (Å²) in [5.74, 6) is -4.77. The van der Waals surface area contributed by atoms with E-state index in [1.54, 1.807) is 46.7 Å². The number of amides is 7. The highest BCUT2D eigenvalue weighted by molar-refractivity contribution is 6.01. The highest BCUT2D eigenvalue weighted by Gasteiger charge is 2.53. The zero-order valence-corrected chi connectivity index (χ0v) is 41.3. The molecule has 4 aliphatic rings. The summed E-state index contributed by atoms with van der Waals surface area (Å²) in [4.78, 5) is 122.